The topological polar surface area (TPSA) is 44.8 Å². The van der Waals surface area contributed by atoms with Gasteiger partial charge in [-0.3, -0.25) is 4.79 Å². The van der Waals surface area contributed by atoms with Crippen LogP contribution in [0.1, 0.15) is 92.7 Å². The van der Waals surface area contributed by atoms with Crippen LogP contribution in [-0.4, -0.2) is 19.2 Å². The van der Waals surface area contributed by atoms with Crippen molar-refractivity contribution < 1.29 is 19.0 Å². The summed E-state index contributed by atoms with van der Waals surface area (Å²) in [7, 11) is 0. The Labute approximate surface area is 220 Å². The molecule has 4 heteroatoms. The lowest BCUT2D eigenvalue weighted by atomic mass is 9.64. The summed E-state index contributed by atoms with van der Waals surface area (Å²) >= 11 is 0. The van der Waals surface area contributed by atoms with E-state index in [1.54, 1.807) is 0 Å². The van der Waals surface area contributed by atoms with Crippen LogP contribution in [0, 0.1) is 17.8 Å². The molecule has 0 amide bonds. The molecule has 1 fully saturated rings. The maximum atomic E-state index is 12.3. The van der Waals surface area contributed by atoms with E-state index in [1.165, 1.54) is 23.6 Å². The van der Waals surface area contributed by atoms with Crippen LogP contribution >= 0.6 is 0 Å². The first kappa shape index (κ1) is 24.3. The van der Waals surface area contributed by atoms with E-state index in [2.05, 4.69) is 37.0 Å². The molecule has 0 aromatic heterocycles. The second-order valence-corrected chi connectivity index (χ2v) is 10.8. The molecule has 0 spiro atoms. The van der Waals surface area contributed by atoms with E-state index >= 15 is 0 Å². The van der Waals surface area contributed by atoms with Gasteiger partial charge >= 0.3 is 5.97 Å². The van der Waals surface area contributed by atoms with Gasteiger partial charge in [0, 0.05) is 30.6 Å². The molecular weight excluding hydrogens is 460 g/mol. The number of allylic oxidation sites excluding steroid dienone is 1. The van der Waals surface area contributed by atoms with Crippen molar-refractivity contribution in [2.75, 3.05) is 13.2 Å². The second-order valence-electron chi connectivity index (χ2n) is 10.8. The molecule has 1 saturated carbocycles. The Bertz CT molecular complexity index is 1330. The van der Waals surface area contributed by atoms with Crippen molar-refractivity contribution in [1.29, 1.82) is 0 Å². The molecule has 0 heterocycles. The Morgan fingerprint density at radius 1 is 0.973 bits per heavy atom. The lowest BCUT2D eigenvalue weighted by molar-refractivity contribution is -0.138. The van der Waals surface area contributed by atoms with Crippen LogP contribution in [0.3, 0.4) is 0 Å². The lowest BCUT2D eigenvalue weighted by Crippen LogP contribution is -2.40. The summed E-state index contributed by atoms with van der Waals surface area (Å²) in [5.41, 5.74) is 6.29. The maximum absolute atomic E-state index is 12.3. The van der Waals surface area contributed by atoms with E-state index in [0.717, 1.165) is 79.6 Å². The molecule has 37 heavy (non-hydrogen) atoms. The number of benzene rings is 2. The fourth-order valence-electron chi connectivity index (χ4n) is 7.80. The Kier molecular flexibility index (Phi) is 6.16. The molecule has 0 saturated heterocycles. The first-order chi connectivity index (χ1) is 18.1. The number of carbonyl (C=O) groups is 1. The Balaban J connectivity index is 1.68. The highest BCUT2D eigenvalue weighted by atomic mass is 16.5. The normalized spacial score (nSPS) is 26.8. The fourth-order valence-corrected chi connectivity index (χ4v) is 7.80. The molecule has 2 aromatic carbocycles. The zero-order chi connectivity index (χ0) is 25.6. The van der Waals surface area contributed by atoms with E-state index < -0.39 is 5.60 Å². The van der Waals surface area contributed by atoms with Crippen molar-refractivity contribution in [1.82, 2.24) is 0 Å². The maximum Gasteiger partial charge on any atom is 0.307 e. The van der Waals surface area contributed by atoms with Crippen LogP contribution < -0.4 is 4.74 Å². The number of esters is 1. The zero-order valence-corrected chi connectivity index (χ0v) is 22.2. The predicted molar refractivity (Wildman–Crippen MR) is 143 cm³/mol. The molecule has 4 nitrogen and oxygen atoms in total. The molecule has 0 unspecified atom stereocenters. The van der Waals surface area contributed by atoms with Gasteiger partial charge in [-0.15, -0.1) is 0 Å². The van der Waals surface area contributed by atoms with Crippen LogP contribution in [0.2, 0.25) is 0 Å². The largest absolute Gasteiger partial charge is 0.492 e. The van der Waals surface area contributed by atoms with E-state index in [1.807, 2.05) is 25.1 Å². The summed E-state index contributed by atoms with van der Waals surface area (Å²) < 4.78 is 19.4. The Hall–Kier alpha value is -3.03. The minimum Gasteiger partial charge on any atom is -0.492 e. The lowest BCUT2D eigenvalue weighted by Gasteiger charge is -2.41. The molecule has 0 radical (unpaired) electrons. The van der Waals surface area contributed by atoms with Gasteiger partial charge in [-0.05, 0) is 87.3 Å². The monoisotopic (exact) mass is 496 g/mol. The van der Waals surface area contributed by atoms with Crippen LogP contribution in [0.5, 0.6) is 5.75 Å². The van der Waals surface area contributed by atoms with Crippen molar-refractivity contribution in [3.8, 4) is 17.6 Å². The highest BCUT2D eigenvalue weighted by Gasteiger charge is 2.70. The Morgan fingerprint density at radius 2 is 1.76 bits per heavy atom. The number of carbonyl (C=O) groups excluding carboxylic acids is 1. The molecule has 3 atom stereocenters. The van der Waals surface area contributed by atoms with Gasteiger partial charge in [0.1, 0.15) is 17.1 Å². The molecule has 0 N–H and O–H groups in total. The SMILES string of the molecule is CCOc1c(C#Cc2ccccc2)c2c(c3c1[C@@]1(OCC)C=C(OC(C)=O)[C@@]34CCCC[C@@H]14)CCCC2. The standard InChI is InChI=1S/C33H36O4/c1-4-35-31-26(19-18-23-13-7-6-8-14-23)24-15-9-10-16-25(24)29-30(31)33(36-5-2)21-28(37-22(3)34)32(29)20-12-11-17-27(32)33/h6-8,13-14,21,27H,4-5,9-12,15-17,20H2,1-3H3/t27-,32+,33-/m1/s1. The Morgan fingerprint density at radius 3 is 2.49 bits per heavy atom. The average Bonchev–Trinajstić information content (AvgIpc) is 3.32. The second kappa shape index (κ2) is 9.37. The quantitative estimate of drug-likeness (QED) is 0.350. The van der Waals surface area contributed by atoms with Gasteiger partial charge in [0.25, 0.3) is 0 Å². The molecule has 4 aliphatic carbocycles. The number of fused-ring (bicyclic) bond motifs is 4. The van der Waals surface area contributed by atoms with E-state index in [4.69, 9.17) is 14.2 Å². The number of ether oxygens (including phenoxy) is 3. The molecule has 2 bridgehead atoms. The minimum atomic E-state index is -0.657. The summed E-state index contributed by atoms with van der Waals surface area (Å²) in [6.07, 6.45) is 10.8. The van der Waals surface area contributed by atoms with E-state index in [-0.39, 0.29) is 17.3 Å². The van der Waals surface area contributed by atoms with Crippen LogP contribution in [0.25, 0.3) is 0 Å². The van der Waals surface area contributed by atoms with Gasteiger partial charge in [0.05, 0.1) is 17.6 Å². The van der Waals surface area contributed by atoms with E-state index in [0.29, 0.717) is 13.2 Å². The molecule has 192 valence electrons. The fraction of sp³-hybridized carbons (Fsp3) is 0.485. The summed E-state index contributed by atoms with van der Waals surface area (Å²) in [4.78, 5) is 12.3. The van der Waals surface area contributed by atoms with Gasteiger partial charge in [0.15, 0.2) is 0 Å². The van der Waals surface area contributed by atoms with Gasteiger partial charge in [-0.1, -0.05) is 42.9 Å². The van der Waals surface area contributed by atoms with Crippen molar-refractivity contribution >= 4 is 5.97 Å². The number of rotatable bonds is 5. The number of hydrogen-bond donors (Lipinski definition) is 0. The summed E-state index contributed by atoms with van der Waals surface area (Å²) in [5, 5.41) is 0. The van der Waals surface area contributed by atoms with Crippen molar-refractivity contribution in [3.63, 3.8) is 0 Å². The highest BCUT2D eigenvalue weighted by Crippen LogP contribution is 2.72. The van der Waals surface area contributed by atoms with Crippen LogP contribution in [0.15, 0.2) is 42.2 Å². The summed E-state index contributed by atoms with van der Waals surface area (Å²) in [6.45, 7) is 6.75. The highest BCUT2D eigenvalue weighted by molar-refractivity contribution is 5.75. The number of hydrogen-bond acceptors (Lipinski definition) is 4. The zero-order valence-electron chi connectivity index (χ0n) is 22.2. The predicted octanol–water partition coefficient (Wildman–Crippen LogP) is 6.50. The van der Waals surface area contributed by atoms with Gasteiger partial charge in [-0.2, -0.15) is 0 Å². The van der Waals surface area contributed by atoms with Gasteiger partial charge in [0.2, 0.25) is 0 Å². The van der Waals surface area contributed by atoms with E-state index in [9.17, 15) is 4.79 Å². The van der Waals surface area contributed by atoms with Crippen LogP contribution in [0.4, 0.5) is 0 Å². The summed E-state index contributed by atoms with van der Waals surface area (Å²) in [5.74, 6) is 8.66. The van der Waals surface area contributed by atoms with Crippen molar-refractivity contribution in [3.05, 3.63) is 75.5 Å². The van der Waals surface area contributed by atoms with Gasteiger partial charge < -0.3 is 14.2 Å². The van der Waals surface area contributed by atoms with Crippen molar-refractivity contribution in [2.45, 2.75) is 83.2 Å². The summed E-state index contributed by atoms with van der Waals surface area (Å²) in [6, 6.07) is 10.2. The average molecular weight is 497 g/mol. The first-order valence-corrected chi connectivity index (χ1v) is 14.0. The van der Waals surface area contributed by atoms with Crippen molar-refractivity contribution in [2.24, 2.45) is 5.92 Å². The van der Waals surface area contributed by atoms with Gasteiger partial charge in [-0.25, -0.2) is 0 Å². The molecule has 4 aliphatic rings. The minimum absolute atomic E-state index is 0.209. The molecule has 0 aliphatic heterocycles. The molecular formula is C33H36O4. The van der Waals surface area contributed by atoms with Crippen LogP contribution in [-0.2, 0) is 38.1 Å². The smallest absolute Gasteiger partial charge is 0.307 e. The molecule has 2 aromatic rings. The molecule has 6 rings (SSSR count). The third-order valence-electron chi connectivity index (χ3n) is 8.86. The third-order valence-corrected chi connectivity index (χ3v) is 8.86. The third kappa shape index (κ3) is 3.51. The first-order valence-electron chi connectivity index (χ1n) is 14.0.